The molecule has 25 heavy (non-hydrogen) atoms. The van der Waals surface area contributed by atoms with Crippen molar-refractivity contribution in [3.63, 3.8) is 0 Å². The average molecular weight is 330 g/mol. The molecule has 2 aromatic rings. The molecule has 0 aliphatic heterocycles. The van der Waals surface area contributed by atoms with E-state index in [1.807, 2.05) is 30.3 Å². The summed E-state index contributed by atoms with van der Waals surface area (Å²) in [7, 11) is 0. The van der Waals surface area contributed by atoms with Crippen molar-refractivity contribution in [2.24, 2.45) is 35.5 Å². The first kappa shape index (κ1) is 14.1. The average Bonchev–Trinajstić information content (AvgIpc) is 3.40. The van der Waals surface area contributed by atoms with Crippen LogP contribution in [0.3, 0.4) is 0 Å². The largest absolute Gasteiger partial charge is 0.458 e. The molecule has 7 unspecified atom stereocenters. The molecule has 0 heterocycles. The maximum atomic E-state index is 12.9. The standard InChI is InChI=1S/C23H22O2/c24-23(18-7-3-5-13-4-1-2-6-17(13)18)25-20-12-16-11-19(20)22-15-9-8-14(10-15)21(16)22/h1-9,14-16,19-22H,10-12H2. The Morgan fingerprint density at radius 3 is 2.60 bits per heavy atom. The van der Waals surface area contributed by atoms with Crippen molar-refractivity contribution >= 4 is 16.7 Å². The van der Waals surface area contributed by atoms with Crippen LogP contribution < -0.4 is 0 Å². The summed E-state index contributed by atoms with van der Waals surface area (Å²) in [6.07, 6.45) is 8.74. The Bertz CT molecular complexity index is 893. The normalized spacial score (nSPS) is 39.9. The summed E-state index contributed by atoms with van der Waals surface area (Å²) in [5, 5.41) is 2.10. The molecule has 4 bridgehead atoms. The number of ether oxygens (including phenoxy) is 1. The second kappa shape index (κ2) is 4.97. The summed E-state index contributed by atoms with van der Waals surface area (Å²) < 4.78 is 6.09. The van der Waals surface area contributed by atoms with Gasteiger partial charge in [0.15, 0.2) is 0 Å². The van der Waals surface area contributed by atoms with E-state index in [0.29, 0.717) is 11.5 Å². The highest BCUT2D eigenvalue weighted by atomic mass is 16.5. The van der Waals surface area contributed by atoms with Crippen molar-refractivity contribution in [1.82, 2.24) is 0 Å². The Balaban J connectivity index is 1.27. The maximum absolute atomic E-state index is 12.9. The highest BCUT2D eigenvalue weighted by molar-refractivity contribution is 6.04. The Labute approximate surface area is 147 Å². The van der Waals surface area contributed by atoms with Crippen LogP contribution in [0.25, 0.3) is 10.8 Å². The van der Waals surface area contributed by atoms with Gasteiger partial charge in [-0.05, 0) is 71.6 Å². The second-order valence-corrected chi connectivity index (χ2v) is 8.47. The van der Waals surface area contributed by atoms with Crippen molar-refractivity contribution in [3.05, 3.63) is 60.2 Å². The number of allylic oxidation sites excluding steroid dienone is 2. The molecule has 0 N–H and O–H groups in total. The zero-order valence-electron chi connectivity index (χ0n) is 14.2. The van der Waals surface area contributed by atoms with Gasteiger partial charge in [0.2, 0.25) is 0 Å². The maximum Gasteiger partial charge on any atom is 0.339 e. The number of rotatable bonds is 2. The monoisotopic (exact) mass is 330 g/mol. The highest BCUT2D eigenvalue weighted by Gasteiger charge is 2.61. The first-order valence-electron chi connectivity index (χ1n) is 9.66. The SMILES string of the molecule is O=C(OC1CC2CC1C1C3C=CC(C3)C21)c1cccc2ccccc12. The van der Waals surface area contributed by atoms with Gasteiger partial charge in [0, 0.05) is 0 Å². The molecule has 0 amide bonds. The van der Waals surface area contributed by atoms with Gasteiger partial charge in [-0.2, -0.15) is 0 Å². The molecule has 4 aliphatic rings. The summed E-state index contributed by atoms with van der Waals surface area (Å²) in [6, 6.07) is 14.0. The van der Waals surface area contributed by atoms with E-state index in [4.69, 9.17) is 4.74 Å². The molecule has 126 valence electrons. The van der Waals surface area contributed by atoms with Crippen LogP contribution in [-0.2, 0) is 4.74 Å². The molecule has 4 aliphatic carbocycles. The van der Waals surface area contributed by atoms with Crippen LogP contribution in [-0.4, -0.2) is 12.1 Å². The smallest absolute Gasteiger partial charge is 0.339 e. The van der Waals surface area contributed by atoms with Crippen molar-refractivity contribution in [2.75, 3.05) is 0 Å². The Hall–Kier alpha value is -2.09. The number of benzene rings is 2. The fourth-order valence-corrected chi connectivity index (χ4v) is 6.70. The summed E-state index contributed by atoms with van der Waals surface area (Å²) in [5.74, 6) is 4.47. The minimum Gasteiger partial charge on any atom is -0.458 e. The van der Waals surface area contributed by atoms with Gasteiger partial charge < -0.3 is 4.74 Å². The Morgan fingerprint density at radius 1 is 0.880 bits per heavy atom. The molecule has 0 spiro atoms. The van der Waals surface area contributed by atoms with Gasteiger partial charge in [0.25, 0.3) is 0 Å². The molecule has 2 aromatic carbocycles. The summed E-state index contributed by atoms with van der Waals surface area (Å²) in [5.41, 5.74) is 0.713. The Kier molecular flexibility index (Phi) is 2.81. The molecule has 0 aromatic heterocycles. The molecule has 3 saturated carbocycles. The molecule has 2 nitrogen and oxygen atoms in total. The van der Waals surface area contributed by atoms with E-state index >= 15 is 0 Å². The number of carbonyl (C=O) groups excluding carboxylic acids is 1. The van der Waals surface area contributed by atoms with Gasteiger partial charge in [-0.3, -0.25) is 0 Å². The molecule has 6 rings (SSSR count). The number of fused-ring (bicyclic) bond motifs is 10. The quantitative estimate of drug-likeness (QED) is 0.447. The Morgan fingerprint density at radius 2 is 1.68 bits per heavy atom. The summed E-state index contributed by atoms with van der Waals surface area (Å²) in [6.45, 7) is 0. The lowest BCUT2D eigenvalue weighted by Crippen LogP contribution is -2.36. The molecule has 3 fully saturated rings. The van der Waals surface area contributed by atoms with E-state index in [0.717, 1.165) is 46.8 Å². The summed E-state index contributed by atoms with van der Waals surface area (Å²) in [4.78, 5) is 12.9. The van der Waals surface area contributed by atoms with E-state index in [2.05, 4.69) is 24.3 Å². The van der Waals surface area contributed by atoms with E-state index in [9.17, 15) is 4.79 Å². The lowest BCUT2D eigenvalue weighted by molar-refractivity contribution is -0.00392. The fourth-order valence-electron chi connectivity index (χ4n) is 6.70. The van der Waals surface area contributed by atoms with Crippen molar-refractivity contribution in [1.29, 1.82) is 0 Å². The van der Waals surface area contributed by atoms with E-state index < -0.39 is 0 Å². The highest BCUT2D eigenvalue weighted by Crippen LogP contribution is 2.65. The minimum absolute atomic E-state index is 0.130. The number of hydrogen-bond acceptors (Lipinski definition) is 2. The van der Waals surface area contributed by atoms with Gasteiger partial charge in [0.1, 0.15) is 6.10 Å². The zero-order valence-corrected chi connectivity index (χ0v) is 14.2. The molecule has 2 heteroatoms. The van der Waals surface area contributed by atoms with E-state index in [1.54, 1.807) is 0 Å². The van der Waals surface area contributed by atoms with E-state index in [1.165, 1.54) is 12.8 Å². The fraction of sp³-hybridized carbons (Fsp3) is 0.435. The third kappa shape index (κ3) is 1.88. The van der Waals surface area contributed by atoms with E-state index in [-0.39, 0.29) is 12.1 Å². The predicted octanol–water partition coefficient (Wildman–Crippen LogP) is 4.84. The molecular formula is C23H22O2. The molecule has 7 atom stereocenters. The third-order valence-corrected chi connectivity index (χ3v) is 7.48. The van der Waals surface area contributed by atoms with Crippen LogP contribution in [0.1, 0.15) is 29.6 Å². The van der Waals surface area contributed by atoms with Crippen molar-refractivity contribution in [2.45, 2.75) is 25.4 Å². The number of esters is 1. The van der Waals surface area contributed by atoms with Crippen LogP contribution in [0, 0.1) is 35.5 Å². The molecule has 0 radical (unpaired) electrons. The molecular weight excluding hydrogens is 308 g/mol. The first-order chi connectivity index (χ1) is 12.3. The van der Waals surface area contributed by atoms with Crippen LogP contribution in [0.5, 0.6) is 0 Å². The third-order valence-electron chi connectivity index (χ3n) is 7.48. The van der Waals surface area contributed by atoms with Gasteiger partial charge >= 0.3 is 5.97 Å². The van der Waals surface area contributed by atoms with Crippen LogP contribution in [0.15, 0.2) is 54.6 Å². The van der Waals surface area contributed by atoms with Crippen molar-refractivity contribution < 1.29 is 9.53 Å². The van der Waals surface area contributed by atoms with Crippen LogP contribution in [0.4, 0.5) is 0 Å². The zero-order chi connectivity index (χ0) is 16.5. The number of hydrogen-bond donors (Lipinski definition) is 0. The molecule has 0 saturated heterocycles. The van der Waals surface area contributed by atoms with Crippen LogP contribution in [0.2, 0.25) is 0 Å². The summed E-state index contributed by atoms with van der Waals surface area (Å²) >= 11 is 0. The number of carbonyl (C=O) groups is 1. The predicted molar refractivity (Wildman–Crippen MR) is 97.1 cm³/mol. The minimum atomic E-state index is -0.135. The first-order valence-corrected chi connectivity index (χ1v) is 9.66. The second-order valence-electron chi connectivity index (χ2n) is 8.47. The lowest BCUT2D eigenvalue weighted by atomic mass is 9.72. The topological polar surface area (TPSA) is 26.3 Å². The van der Waals surface area contributed by atoms with Gasteiger partial charge in [-0.25, -0.2) is 4.79 Å². The van der Waals surface area contributed by atoms with Gasteiger partial charge in [-0.1, -0.05) is 48.6 Å². The lowest BCUT2D eigenvalue weighted by Gasteiger charge is -2.36. The van der Waals surface area contributed by atoms with Crippen molar-refractivity contribution in [3.8, 4) is 0 Å². The van der Waals surface area contributed by atoms with Crippen LogP contribution >= 0.6 is 0 Å². The van der Waals surface area contributed by atoms with Gasteiger partial charge in [-0.15, -0.1) is 0 Å². The van der Waals surface area contributed by atoms with Gasteiger partial charge in [0.05, 0.1) is 5.56 Å².